The molecule has 5 heteroatoms. The van der Waals surface area contributed by atoms with E-state index in [2.05, 4.69) is 0 Å². The molecule has 1 aliphatic rings. The standard InChI is InChI=1S/C27H23N3O2/c1-17(2)29-24-15-9-6-11-19(24)21(27(29)32)16-25-28-22-13-7-5-12-20(22)26(31)30(25)23-14-8-4-10-18(23)3/h4-17H,1-3H3/b21-16-. The summed E-state index contributed by atoms with van der Waals surface area (Å²) in [6.07, 6.45) is 1.75. The first-order chi connectivity index (χ1) is 15.5. The first-order valence-electron chi connectivity index (χ1n) is 10.7. The molecule has 5 nitrogen and oxygen atoms in total. The highest BCUT2D eigenvalue weighted by molar-refractivity contribution is 6.35. The van der Waals surface area contributed by atoms with Crippen LogP contribution in [0.4, 0.5) is 5.69 Å². The predicted molar refractivity (Wildman–Crippen MR) is 129 cm³/mol. The first-order valence-corrected chi connectivity index (χ1v) is 10.7. The molecule has 1 amide bonds. The van der Waals surface area contributed by atoms with Crippen LogP contribution in [0.5, 0.6) is 0 Å². The second-order valence-corrected chi connectivity index (χ2v) is 8.26. The van der Waals surface area contributed by atoms with Gasteiger partial charge in [-0.3, -0.25) is 14.2 Å². The smallest absolute Gasteiger partial charge is 0.266 e. The van der Waals surface area contributed by atoms with Crippen molar-refractivity contribution in [3.05, 3.63) is 100 Å². The molecule has 32 heavy (non-hydrogen) atoms. The summed E-state index contributed by atoms with van der Waals surface area (Å²) in [4.78, 5) is 33.6. The lowest BCUT2D eigenvalue weighted by atomic mass is 10.1. The molecule has 0 bridgehead atoms. The molecule has 0 unspecified atom stereocenters. The van der Waals surface area contributed by atoms with Gasteiger partial charge in [0.2, 0.25) is 0 Å². The van der Waals surface area contributed by atoms with Gasteiger partial charge in [0, 0.05) is 11.6 Å². The van der Waals surface area contributed by atoms with E-state index >= 15 is 0 Å². The van der Waals surface area contributed by atoms with Crippen LogP contribution in [0.1, 0.15) is 30.8 Å². The van der Waals surface area contributed by atoms with Crippen LogP contribution in [0.25, 0.3) is 28.2 Å². The van der Waals surface area contributed by atoms with Gasteiger partial charge in [0.05, 0.1) is 27.9 Å². The molecular formula is C27H23N3O2. The molecule has 5 rings (SSSR count). The van der Waals surface area contributed by atoms with E-state index in [-0.39, 0.29) is 17.5 Å². The van der Waals surface area contributed by atoms with Crippen molar-refractivity contribution in [1.82, 2.24) is 9.55 Å². The fourth-order valence-electron chi connectivity index (χ4n) is 4.34. The zero-order valence-electron chi connectivity index (χ0n) is 18.2. The number of para-hydroxylation sites is 3. The summed E-state index contributed by atoms with van der Waals surface area (Å²) in [7, 11) is 0. The summed E-state index contributed by atoms with van der Waals surface area (Å²) in [6.45, 7) is 5.95. The van der Waals surface area contributed by atoms with Gasteiger partial charge in [-0.2, -0.15) is 0 Å². The van der Waals surface area contributed by atoms with Gasteiger partial charge < -0.3 is 4.90 Å². The Labute approximate surface area is 186 Å². The Morgan fingerprint density at radius 2 is 1.50 bits per heavy atom. The van der Waals surface area contributed by atoms with Crippen LogP contribution in [0, 0.1) is 6.92 Å². The molecular weight excluding hydrogens is 398 g/mol. The maximum Gasteiger partial charge on any atom is 0.266 e. The van der Waals surface area contributed by atoms with Gasteiger partial charge in [0.15, 0.2) is 0 Å². The highest BCUT2D eigenvalue weighted by Gasteiger charge is 2.34. The molecule has 0 N–H and O–H groups in total. The average Bonchev–Trinajstić information content (AvgIpc) is 3.06. The number of hydrogen-bond donors (Lipinski definition) is 0. The van der Waals surface area contributed by atoms with E-state index in [9.17, 15) is 9.59 Å². The van der Waals surface area contributed by atoms with Crippen LogP contribution in [0.15, 0.2) is 77.6 Å². The Balaban J connectivity index is 1.83. The summed E-state index contributed by atoms with van der Waals surface area (Å²) in [5.74, 6) is 0.353. The van der Waals surface area contributed by atoms with Crippen molar-refractivity contribution in [3.63, 3.8) is 0 Å². The Hall–Kier alpha value is -3.99. The number of anilines is 1. The number of carbonyl (C=O) groups excluding carboxylic acids is 1. The van der Waals surface area contributed by atoms with Gasteiger partial charge in [0.25, 0.3) is 11.5 Å². The number of aromatic nitrogens is 2. The van der Waals surface area contributed by atoms with E-state index in [1.807, 2.05) is 87.5 Å². The minimum Gasteiger partial charge on any atom is -0.305 e. The Morgan fingerprint density at radius 3 is 2.25 bits per heavy atom. The number of amides is 1. The van der Waals surface area contributed by atoms with Gasteiger partial charge in [-0.1, -0.05) is 48.5 Å². The van der Waals surface area contributed by atoms with Gasteiger partial charge in [0.1, 0.15) is 5.82 Å². The quantitative estimate of drug-likeness (QED) is 0.438. The fourth-order valence-corrected chi connectivity index (χ4v) is 4.34. The second-order valence-electron chi connectivity index (χ2n) is 8.26. The van der Waals surface area contributed by atoms with Gasteiger partial charge >= 0.3 is 0 Å². The molecule has 1 aliphatic heterocycles. The molecule has 0 fully saturated rings. The largest absolute Gasteiger partial charge is 0.305 e. The highest BCUT2D eigenvalue weighted by Crippen LogP contribution is 2.38. The van der Waals surface area contributed by atoms with E-state index in [4.69, 9.17) is 4.98 Å². The molecule has 0 radical (unpaired) electrons. The van der Waals surface area contributed by atoms with E-state index < -0.39 is 0 Å². The maximum absolute atomic E-state index is 13.6. The van der Waals surface area contributed by atoms with Crippen molar-refractivity contribution in [2.75, 3.05) is 4.90 Å². The molecule has 4 aromatic rings. The minimum atomic E-state index is -0.156. The van der Waals surface area contributed by atoms with Gasteiger partial charge in [-0.05, 0) is 56.7 Å². The van der Waals surface area contributed by atoms with Gasteiger partial charge in [-0.15, -0.1) is 0 Å². The molecule has 158 valence electrons. The van der Waals surface area contributed by atoms with Crippen LogP contribution >= 0.6 is 0 Å². The Bertz CT molecular complexity index is 1460. The van der Waals surface area contributed by atoms with Crippen molar-refractivity contribution in [2.24, 2.45) is 0 Å². The van der Waals surface area contributed by atoms with Crippen molar-refractivity contribution < 1.29 is 4.79 Å². The zero-order valence-corrected chi connectivity index (χ0v) is 18.2. The normalized spacial score (nSPS) is 14.6. The third-order valence-corrected chi connectivity index (χ3v) is 5.85. The maximum atomic E-state index is 13.6. The minimum absolute atomic E-state index is 0.0117. The summed E-state index contributed by atoms with van der Waals surface area (Å²) >= 11 is 0. The third kappa shape index (κ3) is 3.05. The summed E-state index contributed by atoms with van der Waals surface area (Å²) in [5.41, 5.74) is 4.42. The third-order valence-electron chi connectivity index (χ3n) is 5.85. The Morgan fingerprint density at radius 1 is 0.844 bits per heavy atom. The summed E-state index contributed by atoms with van der Waals surface area (Å²) in [6, 6.07) is 22.8. The first kappa shape index (κ1) is 19.9. The Kier molecular flexibility index (Phi) is 4.74. The zero-order chi connectivity index (χ0) is 22.4. The molecule has 0 aliphatic carbocycles. The lowest BCUT2D eigenvalue weighted by molar-refractivity contribution is -0.113. The topological polar surface area (TPSA) is 55.2 Å². The molecule has 2 heterocycles. The van der Waals surface area contributed by atoms with Crippen molar-refractivity contribution >= 4 is 34.1 Å². The highest BCUT2D eigenvalue weighted by atomic mass is 16.2. The molecule has 1 aromatic heterocycles. The van der Waals surface area contributed by atoms with Crippen molar-refractivity contribution in [3.8, 4) is 5.69 Å². The van der Waals surface area contributed by atoms with Crippen molar-refractivity contribution in [1.29, 1.82) is 0 Å². The van der Waals surface area contributed by atoms with E-state index in [1.165, 1.54) is 0 Å². The monoisotopic (exact) mass is 421 g/mol. The van der Waals surface area contributed by atoms with Crippen LogP contribution in [-0.2, 0) is 4.79 Å². The molecule has 0 spiro atoms. The van der Waals surface area contributed by atoms with Crippen LogP contribution < -0.4 is 10.5 Å². The lowest BCUT2D eigenvalue weighted by Gasteiger charge is -2.21. The number of fused-ring (bicyclic) bond motifs is 2. The molecule has 0 saturated carbocycles. The number of nitrogens with zero attached hydrogens (tertiary/aromatic N) is 3. The number of benzene rings is 3. The van der Waals surface area contributed by atoms with E-state index in [0.29, 0.717) is 22.3 Å². The van der Waals surface area contributed by atoms with Crippen LogP contribution in [0.3, 0.4) is 0 Å². The molecule has 0 atom stereocenters. The lowest BCUT2D eigenvalue weighted by Crippen LogP contribution is -2.33. The van der Waals surface area contributed by atoms with E-state index in [1.54, 1.807) is 21.6 Å². The molecule has 0 saturated heterocycles. The van der Waals surface area contributed by atoms with Crippen LogP contribution in [0.2, 0.25) is 0 Å². The van der Waals surface area contributed by atoms with E-state index in [0.717, 1.165) is 22.5 Å². The second kappa shape index (κ2) is 7.61. The summed E-state index contributed by atoms with van der Waals surface area (Å²) in [5, 5.41) is 0.542. The fraction of sp³-hybridized carbons (Fsp3) is 0.148. The number of carbonyl (C=O) groups is 1. The average molecular weight is 422 g/mol. The van der Waals surface area contributed by atoms with Crippen LogP contribution in [-0.4, -0.2) is 21.5 Å². The number of rotatable bonds is 3. The predicted octanol–water partition coefficient (Wildman–Crippen LogP) is 4.99. The number of hydrogen-bond acceptors (Lipinski definition) is 3. The van der Waals surface area contributed by atoms with Crippen molar-refractivity contribution in [2.45, 2.75) is 26.8 Å². The summed E-state index contributed by atoms with van der Waals surface area (Å²) < 4.78 is 1.61. The number of aryl methyl sites for hydroxylation is 1. The van der Waals surface area contributed by atoms with Gasteiger partial charge in [-0.25, -0.2) is 4.98 Å². The molecule has 3 aromatic carbocycles. The SMILES string of the molecule is Cc1ccccc1-n1c(/C=C2\C(=O)N(C(C)C)c3ccccc32)nc2ccccc2c1=O.